The molecule has 0 bridgehead atoms. The van der Waals surface area contributed by atoms with Crippen LogP contribution < -0.4 is 4.74 Å². The molecule has 0 fully saturated rings. The van der Waals surface area contributed by atoms with Gasteiger partial charge < -0.3 is 9.84 Å². The summed E-state index contributed by atoms with van der Waals surface area (Å²) in [5.74, 6) is 0.253. The molecule has 0 aliphatic heterocycles. The van der Waals surface area contributed by atoms with Gasteiger partial charge in [0.15, 0.2) is 5.75 Å². The molecule has 0 spiro atoms. The lowest BCUT2D eigenvalue weighted by molar-refractivity contribution is -0.385. The standard InChI is InChI=1S/C12H18N2O4/c1-9(15)7-13(2)8-10-4-5-11(14(16)17)12(6-10)18-3/h4-6,9,15H,7-8H2,1-3H3. The molecular weight excluding hydrogens is 236 g/mol. The first-order chi connectivity index (χ1) is 8.43. The average molecular weight is 254 g/mol. The minimum atomic E-state index is -0.470. The van der Waals surface area contributed by atoms with Gasteiger partial charge in [-0.1, -0.05) is 6.07 Å². The van der Waals surface area contributed by atoms with Crippen LogP contribution in [0.1, 0.15) is 12.5 Å². The summed E-state index contributed by atoms with van der Waals surface area (Å²) in [6, 6.07) is 4.78. The lowest BCUT2D eigenvalue weighted by Crippen LogP contribution is -2.26. The number of nitro benzene ring substituents is 1. The molecule has 6 nitrogen and oxygen atoms in total. The predicted octanol–water partition coefficient (Wildman–Crippen LogP) is 1.42. The van der Waals surface area contributed by atoms with Gasteiger partial charge in [-0.05, 0) is 25.6 Å². The van der Waals surface area contributed by atoms with E-state index in [4.69, 9.17) is 4.74 Å². The van der Waals surface area contributed by atoms with Gasteiger partial charge in [-0.2, -0.15) is 0 Å². The summed E-state index contributed by atoms with van der Waals surface area (Å²) in [6.45, 7) is 2.85. The number of hydrogen-bond donors (Lipinski definition) is 1. The highest BCUT2D eigenvalue weighted by Crippen LogP contribution is 2.27. The SMILES string of the molecule is COc1cc(CN(C)CC(C)O)ccc1[N+](=O)[O-]. The number of hydrogen-bond acceptors (Lipinski definition) is 5. The summed E-state index contributed by atoms with van der Waals surface area (Å²) in [4.78, 5) is 12.2. The van der Waals surface area contributed by atoms with E-state index in [1.165, 1.54) is 13.2 Å². The predicted molar refractivity (Wildman–Crippen MR) is 67.7 cm³/mol. The van der Waals surface area contributed by atoms with Crippen LogP contribution in [0.15, 0.2) is 18.2 Å². The Hall–Kier alpha value is -1.66. The van der Waals surface area contributed by atoms with Crippen LogP contribution >= 0.6 is 0 Å². The van der Waals surface area contributed by atoms with Crippen molar-refractivity contribution in [3.63, 3.8) is 0 Å². The monoisotopic (exact) mass is 254 g/mol. The van der Waals surface area contributed by atoms with E-state index in [0.29, 0.717) is 13.1 Å². The minimum Gasteiger partial charge on any atom is -0.490 e. The molecule has 1 atom stereocenters. The van der Waals surface area contributed by atoms with Crippen LogP contribution in [0.2, 0.25) is 0 Å². The van der Waals surface area contributed by atoms with Crippen molar-refractivity contribution >= 4 is 5.69 Å². The van der Waals surface area contributed by atoms with Crippen molar-refractivity contribution in [3.05, 3.63) is 33.9 Å². The van der Waals surface area contributed by atoms with Crippen molar-refractivity contribution in [1.29, 1.82) is 0 Å². The molecule has 0 amide bonds. The minimum absolute atomic E-state index is 0.0422. The highest BCUT2D eigenvalue weighted by molar-refractivity contribution is 5.48. The summed E-state index contributed by atoms with van der Waals surface area (Å²) < 4.78 is 5.00. The molecule has 0 saturated heterocycles. The van der Waals surface area contributed by atoms with Crippen LogP contribution in [-0.2, 0) is 6.54 Å². The number of likely N-dealkylation sites (N-methyl/N-ethyl adjacent to an activating group) is 1. The van der Waals surface area contributed by atoms with Gasteiger partial charge in [0.25, 0.3) is 0 Å². The van der Waals surface area contributed by atoms with Crippen LogP contribution in [-0.4, -0.2) is 41.7 Å². The van der Waals surface area contributed by atoms with Gasteiger partial charge in [0.2, 0.25) is 0 Å². The fourth-order valence-electron chi connectivity index (χ4n) is 1.80. The number of methoxy groups -OCH3 is 1. The molecule has 0 saturated carbocycles. The molecule has 0 aromatic heterocycles. The van der Waals surface area contributed by atoms with Gasteiger partial charge in [-0.25, -0.2) is 0 Å². The van der Waals surface area contributed by atoms with E-state index in [2.05, 4.69) is 0 Å². The van der Waals surface area contributed by atoms with Crippen LogP contribution in [0.25, 0.3) is 0 Å². The maximum atomic E-state index is 10.7. The maximum absolute atomic E-state index is 10.7. The first-order valence-electron chi connectivity index (χ1n) is 5.62. The molecule has 1 rings (SSSR count). The highest BCUT2D eigenvalue weighted by atomic mass is 16.6. The topological polar surface area (TPSA) is 75.8 Å². The third kappa shape index (κ3) is 3.97. The van der Waals surface area contributed by atoms with Gasteiger partial charge in [0.05, 0.1) is 18.1 Å². The quantitative estimate of drug-likeness (QED) is 0.613. The fraction of sp³-hybridized carbons (Fsp3) is 0.500. The van der Waals surface area contributed by atoms with Gasteiger partial charge in [0.1, 0.15) is 0 Å². The number of nitro groups is 1. The Morgan fingerprint density at radius 3 is 2.72 bits per heavy atom. The molecular formula is C12H18N2O4. The lowest BCUT2D eigenvalue weighted by Gasteiger charge is -2.18. The summed E-state index contributed by atoms with van der Waals surface area (Å²) in [5, 5.41) is 20.0. The Bertz CT molecular complexity index is 421. The third-order valence-corrected chi connectivity index (χ3v) is 2.47. The summed E-state index contributed by atoms with van der Waals surface area (Å²) >= 11 is 0. The number of nitrogens with zero attached hydrogens (tertiary/aromatic N) is 2. The first-order valence-corrected chi connectivity index (χ1v) is 5.62. The molecule has 0 aliphatic rings. The van der Waals surface area contributed by atoms with Gasteiger partial charge >= 0.3 is 5.69 Å². The summed E-state index contributed by atoms with van der Waals surface area (Å²) in [7, 11) is 3.28. The van der Waals surface area contributed by atoms with Gasteiger partial charge in [-0.15, -0.1) is 0 Å². The number of ether oxygens (including phenoxy) is 1. The second-order valence-electron chi connectivity index (χ2n) is 4.31. The molecule has 18 heavy (non-hydrogen) atoms. The van der Waals surface area contributed by atoms with Crippen LogP contribution in [0.5, 0.6) is 5.75 Å². The van der Waals surface area contributed by atoms with E-state index < -0.39 is 11.0 Å². The molecule has 1 aromatic carbocycles. The zero-order valence-electron chi connectivity index (χ0n) is 10.8. The van der Waals surface area contributed by atoms with Crippen molar-refractivity contribution in [1.82, 2.24) is 4.90 Å². The molecule has 1 aromatic rings. The molecule has 6 heteroatoms. The van der Waals surface area contributed by atoms with Crippen molar-refractivity contribution in [2.24, 2.45) is 0 Å². The van der Waals surface area contributed by atoms with E-state index in [9.17, 15) is 15.2 Å². The smallest absolute Gasteiger partial charge is 0.310 e. The normalized spacial score (nSPS) is 12.5. The Labute approximate surface area is 106 Å². The van der Waals surface area contributed by atoms with E-state index in [1.807, 2.05) is 11.9 Å². The number of benzene rings is 1. The van der Waals surface area contributed by atoms with E-state index >= 15 is 0 Å². The molecule has 0 heterocycles. The second-order valence-corrected chi connectivity index (χ2v) is 4.31. The summed E-state index contributed by atoms with van der Waals surface area (Å²) in [6.07, 6.45) is -0.407. The number of rotatable bonds is 6. The fourth-order valence-corrected chi connectivity index (χ4v) is 1.80. The van der Waals surface area contributed by atoms with Gasteiger partial charge in [-0.3, -0.25) is 15.0 Å². The molecule has 0 aliphatic carbocycles. The largest absolute Gasteiger partial charge is 0.490 e. The van der Waals surface area contributed by atoms with Crippen molar-refractivity contribution < 1.29 is 14.8 Å². The highest BCUT2D eigenvalue weighted by Gasteiger charge is 2.15. The van der Waals surface area contributed by atoms with E-state index in [1.54, 1.807) is 19.1 Å². The Morgan fingerprint density at radius 2 is 2.22 bits per heavy atom. The third-order valence-electron chi connectivity index (χ3n) is 2.47. The van der Waals surface area contributed by atoms with Gasteiger partial charge in [0, 0.05) is 19.2 Å². The van der Waals surface area contributed by atoms with Crippen molar-refractivity contribution in [3.8, 4) is 5.75 Å². The lowest BCUT2D eigenvalue weighted by atomic mass is 10.1. The molecule has 100 valence electrons. The molecule has 1 N–H and O–H groups in total. The summed E-state index contributed by atoms with van der Waals surface area (Å²) in [5.41, 5.74) is 0.861. The Kier molecular flexibility index (Phi) is 5.06. The Morgan fingerprint density at radius 1 is 1.56 bits per heavy atom. The van der Waals surface area contributed by atoms with E-state index in [-0.39, 0.29) is 11.4 Å². The van der Waals surface area contributed by atoms with Crippen molar-refractivity contribution in [2.45, 2.75) is 19.6 Å². The average Bonchev–Trinajstić information content (AvgIpc) is 2.27. The van der Waals surface area contributed by atoms with Crippen LogP contribution in [0, 0.1) is 10.1 Å². The van der Waals surface area contributed by atoms with Crippen molar-refractivity contribution in [2.75, 3.05) is 20.7 Å². The number of aliphatic hydroxyl groups excluding tert-OH is 1. The van der Waals surface area contributed by atoms with E-state index in [0.717, 1.165) is 5.56 Å². The van der Waals surface area contributed by atoms with Crippen LogP contribution in [0.3, 0.4) is 0 Å². The number of aliphatic hydroxyl groups is 1. The first kappa shape index (κ1) is 14.4. The second kappa shape index (κ2) is 6.32. The maximum Gasteiger partial charge on any atom is 0.310 e. The molecule has 0 radical (unpaired) electrons. The zero-order valence-corrected chi connectivity index (χ0v) is 10.8. The van der Waals surface area contributed by atoms with Crippen LogP contribution in [0.4, 0.5) is 5.69 Å². The Balaban J connectivity index is 2.82. The molecule has 1 unspecified atom stereocenters. The zero-order chi connectivity index (χ0) is 13.7.